The highest BCUT2D eigenvalue weighted by Crippen LogP contribution is 2.26. The molecular formula is C17H26N6O. The van der Waals surface area contributed by atoms with Gasteiger partial charge in [-0.2, -0.15) is 9.97 Å². The lowest BCUT2D eigenvalue weighted by atomic mass is 10.4. The Morgan fingerprint density at radius 3 is 2.42 bits per heavy atom. The minimum absolute atomic E-state index is 0.250. The Labute approximate surface area is 142 Å². The van der Waals surface area contributed by atoms with Crippen LogP contribution in [0.1, 0.15) is 39.0 Å². The molecule has 0 aromatic carbocycles. The van der Waals surface area contributed by atoms with E-state index >= 15 is 0 Å². The number of hydrogen-bond acceptors (Lipinski definition) is 6. The Balaban J connectivity index is 0.000000240. The first-order valence-electron chi connectivity index (χ1n) is 8.07. The van der Waals surface area contributed by atoms with Gasteiger partial charge in [-0.05, 0) is 39.0 Å². The number of terminal acetylenes is 1. The number of nitrogen functional groups attached to an aromatic ring is 1. The van der Waals surface area contributed by atoms with Gasteiger partial charge in [0.15, 0.2) is 11.5 Å². The maximum absolute atomic E-state index is 7.57. The van der Waals surface area contributed by atoms with Crippen molar-refractivity contribution in [1.29, 1.82) is 0 Å². The van der Waals surface area contributed by atoms with Gasteiger partial charge in [-0.3, -0.25) is 0 Å². The maximum Gasteiger partial charge on any atom is 0.224 e. The number of anilines is 2. The monoisotopic (exact) mass is 330 g/mol. The van der Waals surface area contributed by atoms with Crippen LogP contribution in [0, 0.1) is 12.8 Å². The first-order valence-corrected chi connectivity index (χ1v) is 8.07. The van der Waals surface area contributed by atoms with Crippen molar-refractivity contribution < 1.29 is 5.11 Å². The predicted octanol–water partition coefficient (Wildman–Crippen LogP) is 2.48. The summed E-state index contributed by atoms with van der Waals surface area (Å²) in [4.78, 5) is 15.2. The van der Waals surface area contributed by atoms with Crippen LogP contribution in [0.3, 0.4) is 0 Å². The molecule has 2 aliphatic carbocycles. The van der Waals surface area contributed by atoms with Gasteiger partial charge < -0.3 is 21.1 Å². The third-order valence-corrected chi connectivity index (χ3v) is 3.13. The van der Waals surface area contributed by atoms with Gasteiger partial charge >= 0.3 is 0 Å². The minimum Gasteiger partial charge on any atom is -0.397 e. The number of allylic oxidation sites excluding steroid dienone is 2. The molecule has 1 saturated carbocycles. The van der Waals surface area contributed by atoms with Crippen molar-refractivity contribution in [2.24, 2.45) is 0 Å². The van der Waals surface area contributed by atoms with Gasteiger partial charge in [0.1, 0.15) is 5.52 Å². The average Bonchev–Trinajstić information content (AvgIpc) is 3.06. The number of hydrogen-bond donors (Lipinski definition) is 4. The van der Waals surface area contributed by atoms with Crippen molar-refractivity contribution in [2.45, 2.75) is 45.1 Å². The number of nitrogens with one attached hydrogen (secondary N) is 2. The lowest BCUT2D eigenvalue weighted by Gasteiger charge is -2.04. The van der Waals surface area contributed by atoms with Gasteiger partial charge in [0.05, 0.1) is 6.33 Å². The van der Waals surface area contributed by atoms with Gasteiger partial charge in [0.25, 0.3) is 0 Å². The molecule has 2 aromatic rings. The second-order valence-corrected chi connectivity index (χ2v) is 5.17. The predicted molar refractivity (Wildman–Crippen MR) is 98.4 cm³/mol. The number of rotatable bonds is 2. The highest BCUT2D eigenvalue weighted by atomic mass is 16.2. The van der Waals surface area contributed by atoms with Crippen LogP contribution in [-0.4, -0.2) is 37.7 Å². The average molecular weight is 330 g/mol. The van der Waals surface area contributed by atoms with E-state index < -0.39 is 0 Å². The number of aromatic amines is 1. The van der Waals surface area contributed by atoms with Crippen LogP contribution in [0.5, 0.6) is 0 Å². The van der Waals surface area contributed by atoms with E-state index in [2.05, 4.69) is 50.3 Å². The van der Waals surface area contributed by atoms with Crippen LogP contribution < -0.4 is 11.1 Å². The zero-order valence-electron chi connectivity index (χ0n) is 14.1. The third-order valence-electron chi connectivity index (χ3n) is 3.13. The summed E-state index contributed by atoms with van der Waals surface area (Å²) in [5.74, 6) is 1.01. The van der Waals surface area contributed by atoms with Crippen LogP contribution in [-0.2, 0) is 0 Å². The standard InChI is InChI=1S/C8H10N6.C5H8.C2H6O.C2H2/c9-8-13-6-5(10-3-11-6)7(14-8)12-4-1-2-4;1-2-4-5-3-1;1-2-3;1-2/h3-4H,1-2H2,(H4,9,10,11,12,13,14);1-2H,3-5H2;3H,2H2,1H3;1-2H. The molecule has 0 aliphatic heterocycles. The molecule has 0 amide bonds. The van der Waals surface area contributed by atoms with Crippen LogP contribution in [0.2, 0.25) is 0 Å². The summed E-state index contributed by atoms with van der Waals surface area (Å²) in [5, 5.41) is 10.9. The van der Waals surface area contributed by atoms with E-state index in [9.17, 15) is 0 Å². The quantitative estimate of drug-likeness (QED) is 0.497. The van der Waals surface area contributed by atoms with Gasteiger partial charge in [-0.1, -0.05) is 12.2 Å². The largest absolute Gasteiger partial charge is 0.397 e. The van der Waals surface area contributed by atoms with Crippen LogP contribution in [0.25, 0.3) is 11.2 Å². The van der Waals surface area contributed by atoms with Gasteiger partial charge in [-0.25, -0.2) is 4.98 Å². The molecule has 0 radical (unpaired) electrons. The SMILES string of the molecule is C#C.C1=CCCC1.CCO.Nc1nc(NC2CC2)c2[nH]cnc2n1. The van der Waals surface area contributed by atoms with Gasteiger partial charge in [-0.15, -0.1) is 12.8 Å². The summed E-state index contributed by atoms with van der Waals surface area (Å²) >= 11 is 0. The summed E-state index contributed by atoms with van der Waals surface area (Å²) in [6, 6.07) is 0.538. The molecule has 130 valence electrons. The number of H-pyrrole nitrogens is 1. The number of nitrogens with zero attached hydrogens (tertiary/aromatic N) is 3. The minimum atomic E-state index is 0.250. The molecule has 2 heterocycles. The lowest BCUT2D eigenvalue weighted by Crippen LogP contribution is -2.06. The second kappa shape index (κ2) is 11.0. The Morgan fingerprint density at radius 1 is 1.29 bits per heavy atom. The Bertz CT molecular complexity index is 639. The summed E-state index contributed by atoms with van der Waals surface area (Å²) in [6.07, 6.45) is 20.5. The number of aliphatic hydroxyl groups excluding tert-OH is 1. The molecule has 4 rings (SSSR count). The van der Waals surface area contributed by atoms with E-state index in [1.807, 2.05) is 0 Å². The summed E-state index contributed by atoms with van der Waals surface area (Å²) < 4.78 is 0. The van der Waals surface area contributed by atoms with E-state index in [4.69, 9.17) is 10.8 Å². The number of imidazole rings is 1. The van der Waals surface area contributed by atoms with E-state index in [1.165, 1.54) is 32.1 Å². The first-order chi connectivity index (χ1) is 11.7. The first kappa shape index (κ1) is 19.5. The molecule has 0 atom stereocenters. The third kappa shape index (κ3) is 6.67. The van der Waals surface area contributed by atoms with Crippen LogP contribution in [0.4, 0.5) is 11.8 Å². The van der Waals surface area contributed by atoms with Crippen LogP contribution in [0.15, 0.2) is 18.5 Å². The fourth-order valence-corrected chi connectivity index (χ4v) is 1.96. The smallest absolute Gasteiger partial charge is 0.224 e. The van der Waals surface area contributed by atoms with Crippen molar-refractivity contribution in [2.75, 3.05) is 17.7 Å². The molecule has 24 heavy (non-hydrogen) atoms. The zero-order valence-corrected chi connectivity index (χ0v) is 14.1. The Morgan fingerprint density at radius 2 is 1.92 bits per heavy atom. The van der Waals surface area contributed by atoms with Crippen molar-refractivity contribution in [3.8, 4) is 12.8 Å². The van der Waals surface area contributed by atoms with Crippen molar-refractivity contribution in [3.05, 3.63) is 18.5 Å². The zero-order chi connectivity index (χ0) is 17.8. The molecule has 0 spiro atoms. The molecule has 0 unspecified atom stereocenters. The fraction of sp³-hybridized carbons (Fsp3) is 0.471. The van der Waals surface area contributed by atoms with E-state index in [0.717, 1.165) is 11.3 Å². The number of aliphatic hydroxyl groups is 1. The molecule has 0 saturated heterocycles. The highest BCUT2D eigenvalue weighted by molar-refractivity contribution is 5.83. The van der Waals surface area contributed by atoms with E-state index in [0.29, 0.717) is 11.7 Å². The van der Waals surface area contributed by atoms with Crippen molar-refractivity contribution >= 4 is 22.9 Å². The molecule has 0 bridgehead atoms. The van der Waals surface area contributed by atoms with Crippen molar-refractivity contribution in [1.82, 2.24) is 19.9 Å². The van der Waals surface area contributed by atoms with Gasteiger partial charge in [0.2, 0.25) is 5.95 Å². The second-order valence-electron chi connectivity index (χ2n) is 5.17. The normalized spacial score (nSPS) is 14.5. The Hall–Kier alpha value is -2.59. The van der Waals surface area contributed by atoms with E-state index in [1.54, 1.807) is 13.3 Å². The molecular weight excluding hydrogens is 304 g/mol. The fourth-order valence-electron chi connectivity index (χ4n) is 1.96. The van der Waals surface area contributed by atoms with E-state index in [-0.39, 0.29) is 12.6 Å². The molecule has 1 fully saturated rings. The summed E-state index contributed by atoms with van der Waals surface area (Å²) in [6.45, 7) is 1.93. The molecule has 2 aromatic heterocycles. The lowest BCUT2D eigenvalue weighted by molar-refractivity contribution is 0.318. The highest BCUT2D eigenvalue weighted by Gasteiger charge is 2.23. The van der Waals surface area contributed by atoms with Crippen LogP contribution >= 0.6 is 0 Å². The Kier molecular flexibility index (Phi) is 8.94. The van der Waals surface area contributed by atoms with Gasteiger partial charge in [0, 0.05) is 12.6 Å². The number of nitrogens with two attached hydrogens (primary N) is 1. The molecule has 5 N–H and O–H groups in total. The molecule has 2 aliphatic rings. The molecule has 7 nitrogen and oxygen atoms in total. The maximum atomic E-state index is 7.57. The number of fused-ring (bicyclic) bond motifs is 1. The summed E-state index contributed by atoms with van der Waals surface area (Å²) in [5.41, 5.74) is 7.00. The molecule has 7 heteroatoms. The van der Waals surface area contributed by atoms with Crippen molar-refractivity contribution in [3.63, 3.8) is 0 Å². The summed E-state index contributed by atoms with van der Waals surface area (Å²) in [7, 11) is 0. The number of aromatic nitrogens is 4. The topological polar surface area (TPSA) is 113 Å².